The first-order chi connectivity index (χ1) is 15.8. The van der Waals surface area contributed by atoms with Gasteiger partial charge >= 0.3 is 5.97 Å². The fraction of sp³-hybridized carbons (Fsp3) is 0.269. The molecule has 0 bridgehead atoms. The molecule has 0 aromatic carbocycles. The van der Waals surface area contributed by atoms with Crippen molar-refractivity contribution in [1.82, 2.24) is 19.1 Å². The van der Waals surface area contributed by atoms with Gasteiger partial charge in [-0.25, -0.2) is 9.97 Å². The number of pyridine rings is 2. The van der Waals surface area contributed by atoms with Crippen LogP contribution in [-0.2, 0) is 9.53 Å². The Morgan fingerprint density at radius 3 is 2.00 bits per heavy atom. The predicted molar refractivity (Wildman–Crippen MR) is 126 cm³/mol. The zero-order chi connectivity index (χ0) is 23.7. The van der Waals surface area contributed by atoms with Gasteiger partial charge < -0.3 is 18.6 Å². The molecule has 0 aliphatic carbocycles. The Kier molecular flexibility index (Phi) is 6.05. The second-order valence-corrected chi connectivity index (χ2v) is 8.08. The number of ether oxygens (including phenoxy) is 2. The Bertz CT molecular complexity index is 1280. The van der Waals surface area contributed by atoms with Gasteiger partial charge in [0.1, 0.15) is 11.6 Å². The maximum absolute atomic E-state index is 12.1. The lowest BCUT2D eigenvalue weighted by atomic mass is 10.1. The van der Waals surface area contributed by atoms with Gasteiger partial charge in [0.25, 0.3) is 0 Å². The van der Waals surface area contributed by atoms with E-state index in [2.05, 4.69) is 40.1 Å². The standard InChI is InChI=1S/C26H28N4O3/c1-16-10-11-17(2)29(16)23-15-14-21(26(28-23)30-18(3)12-13-19(30)4)25(33-20(5)31)22-8-7-9-24(27-22)32-6/h7-15,25H,1-6H3. The molecule has 0 aliphatic rings. The molecule has 0 fully saturated rings. The van der Waals surface area contributed by atoms with Crippen molar-refractivity contribution < 1.29 is 14.3 Å². The Morgan fingerprint density at radius 2 is 1.42 bits per heavy atom. The summed E-state index contributed by atoms with van der Waals surface area (Å²) in [7, 11) is 1.56. The van der Waals surface area contributed by atoms with Crippen molar-refractivity contribution in [1.29, 1.82) is 0 Å². The fourth-order valence-corrected chi connectivity index (χ4v) is 4.13. The fourth-order valence-electron chi connectivity index (χ4n) is 4.13. The summed E-state index contributed by atoms with van der Waals surface area (Å²) in [5, 5.41) is 0. The minimum Gasteiger partial charge on any atom is -0.481 e. The van der Waals surface area contributed by atoms with E-state index < -0.39 is 12.1 Å². The van der Waals surface area contributed by atoms with E-state index in [9.17, 15) is 4.79 Å². The van der Waals surface area contributed by atoms with Gasteiger partial charge in [-0.05, 0) is 70.2 Å². The van der Waals surface area contributed by atoms with Crippen molar-refractivity contribution >= 4 is 5.97 Å². The van der Waals surface area contributed by atoms with Crippen molar-refractivity contribution in [2.24, 2.45) is 0 Å². The number of esters is 1. The van der Waals surface area contributed by atoms with E-state index in [1.54, 1.807) is 13.2 Å². The van der Waals surface area contributed by atoms with Crippen LogP contribution >= 0.6 is 0 Å². The van der Waals surface area contributed by atoms with Crippen molar-refractivity contribution in [2.45, 2.75) is 40.7 Å². The van der Waals surface area contributed by atoms with Gasteiger partial charge in [0, 0.05) is 41.3 Å². The van der Waals surface area contributed by atoms with Crippen molar-refractivity contribution in [3.8, 4) is 17.5 Å². The Morgan fingerprint density at radius 1 is 0.818 bits per heavy atom. The van der Waals surface area contributed by atoms with Crippen molar-refractivity contribution in [3.05, 3.63) is 88.6 Å². The molecule has 0 aliphatic heterocycles. The molecule has 4 rings (SSSR count). The molecule has 170 valence electrons. The van der Waals surface area contributed by atoms with Crippen molar-refractivity contribution in [2.75, 3.05) is 7.11 Å². The summed E-state index contributed by atoms with van der Waals surface area (Å²) in [6.07, 6.45) is -0.748. The van der Waals surface area contributed by atoms with E-state index in [4.69, 9.17) is 14.5 Å². The number of carbonyl (C=O) groups is 1. The molecule has 1 atom stereocenters. The summed E-state index contributed by atoms with van der Waals surface area (Å²) >= 11 is 0. The largest absolute Gasteiger partial charge is 0.481 e. The van der Waals surface area contributed by atoms with Gasteiger partial charge in [-0.2, -0.15) is 0 Å². The van der Waals surface area contributed by atoms with E-state index in [1.165, 1.54) is 6.92 Å². The third-order valence-electron chi connectivity index (χ3n) is 5.66. The Balaban J connectivity index is 1.98. The average molecular weight is 445 g/mol. The topological polar surface area (TPSA) is 71.2 Å². The smallest absolute Gasteiger partial charge is 0.303 e. The highest BCUT2D eigenvalue weighted by Crippen LogP contribution is 2.32. The molecule has 0 amide bonds. The number of nitrogens with zero attached hydrogens (tertiary/aromatic N) is 4. The molecule has 0 spiro atoms. The highest BCUT2D eigenvalue weighted by molar-refractivity contribution is 5.67. The third-order valence-corrected chi connectivity index (χ3v) is 5.66. The molecule has 0 N–H and O–H groups in total. The van der Waals surface area contributed by atoms with Gasteiger partial charge in [0.05, 0.1) is 12.8 Å². The van der Waals surface area contributed by atoms with Gasteiger partial charge in [-0.15, -0.1) is 0 Å². The molecular weight excluding hydrogens is 416 g/mol. The SMILES string of the molecule is COc1cccc(C(OC(C)=O)c2ccc(-n3c(C)ccc3C)nc2-n2c(C)ccc2C)n1. The lowest BCUT2D eigenvalue weighted by Crippen LogP contribution is -2.17. The zero-order valence-electron chi connectivity index (χ0n) is 19.8. The van der Waals surface area contributed by atoms with Gasteiger partial charge in [-0.1, -0.05) is 6.07 Å². The minimum atomic E-state index is -0.748. The number of hydrogen-bond donors (Lipinski definition) is 0. The number of hydrogen-bond acceptors (Lipinski definition) is 5. The molecule has 4 heterocycles. The molecule has 4 aromatic rings. The predicted octanol–water partition coefficient (Wildman–Crippen LogP) is 4.95. The van der Waals surface area contributed by atoms with Crippen LogP contribution in [0.4, 0.5) is 0 Å². The second-order valence-electron chi connectivity index (χ2n) is 8.08. The van der Waals surface area contributed by atoms with E-state index in [1.807, 2.05) is 50.2 Å². The van der Waals surface area contributed by atoms with E-state index in [0.717, 1.165) is 34.2 Å². The van der Waals surface area contributed by atoms with Gasteiger partial charge in [-0.3, -0.25) is 4.79 Å². The summed E-state index contributed by atoms with van der Waals surface area (Å²) in [5.41, 5.74) is 5.53. The molecule has 33 heavy (non-hydrogen) atoms. The summed E-state index contributed by atoms with van der Waals surface area (Å²) < 4.78 is 15.3. The molecule has 7 heteroatoms. The van der Waals surface area contributed by atoms with Crippen LogP contribution in [-0.4, -0.2) is 32.2 Å². The monoisotopic (exact) mass is 444 g/mol. The highest BCUT2D eigenvalue weighted by atomic mass is 16.5. The number of carbonyl (C=O) groups excluding carboxylic acids is 1. The number of rotatable bonds is 6. The average Bonchev–Trinajstić information content (AvgIpc) is 3.31. The van der Waals surface area contributed by atoms with Gasteiger partial charge in [0.15, 0.2) is 6.10 Å². The minimum absolute atomic E-state index is 0.405. The van der Waals surface area contributed by atoms with Crippen LogP contribution in [0.1, 0.15) is 47.1 Å². The molecule has 0 saturated carbocycles. The highest BCUT2D eigenvalue weighted by Gasteiger charge is 2.26. The lowest BCUT2D eigenvalue weighted by molar-refractivity contribution is -0.144. The Hall–Kier alpha value is -3.87. The molecule has 4 aromatic heterocycles. The summed E-state index contributed by atoms with van der Waals surface area (Å²) in [5.74, 6) is 1.53. The normalized spacial score (nSPS) is 11.9. The molecule has 0 saturated heterocycles. The van der Waals surface area contributed by atoms with Crippen LogP contribution in [0.25, 0.3) is 11.6 Å². The summed E-state index contributed by atoms with van der Waals surface area (Å²) in [4.78, 5) is 21.7. The first-order valence-corrected chi connectivity index (χ1v) is 10.8. The first-order valence-electron chi connectivity index (χ1n) is 10.8. The van der Waals surface area contributed by atoms with E-state index in [0.29, 0.717) is 17.4 Å². The number of aryl methyl sites for hydroxylation is 4. The molecule has 0 radical (unpaired) electrons. The zero-order valence-corrected chi connectivity index (χ0v) is 19.8. The summed E-state index contributed by atoms with van der Waals surface area (Å²) in [6.45, 7) is 9.56. The Labute approximate surface area is 193 Å². The van der Waals surface area contributed by atoms with Crippen molar-refractivity contribution in [3.63, 3.8) is 0 Å². The van der Waals surface area contributed by atoms with Crippen LogP contribution in [0.2, 0.25) is 0 Å². The van der Waals surface area contributed by atoms with Crippen LogP contribution in [0.5, 0.6) is 5.88 Å². The molecule has 1 unspecified atom stereocenters. The number of methoxy groups -OCH3 is 1. The molecule has 7 nitrogen and oxygen atoms in total. The second kappa shape index (κ2) is 8.94. The van der Waals surface area contributed by atoms with E-state index in [-0.39, 0.29) is 0 Å². The maximum Gasteiger partial charge on any atom is 0.303 e. The van der Waals surface area contributed by atoms with Crippen LogP contribution in [0, 0.1) is 27.7 Å². The van der Waals surface area contributed by atoms with Crippen LogP contribution in [0.3, 0.4) is 0 Å². The maximum atomic E-state index is 12.1. The van der Waals surface area contributed by atoms with E-state index >= 15 is 0 Å². The first kappa shape index (κ1) is 22.3. The quantitative estimate of drug-likeness (QED) is 0.394. The summed E-state index contributed by atoms with van der Waals surface area (Å²) in [6, 6.07) is 17.6. The molecular formula is C26H28N4O3. The number of aromatic nitrogens is 4. The lowest BCUT2D eigenvalue weighted by Gasteiger charge is -2.23. The van der Waals surface area contributed by atoms with Crippen LogP contribution < -0.4 is 4.74 Å². The van der Waals surface area contributed by atoms with Crippen LogP contribution in [0.15, 0.2) is 54.6 Å². The third kappa shape index (κ3) is 4.26. The van der Waals surface area contributed by atoms with Gasteiger partial charge in [0.2, 0.25) is 5.88 Å².